The Bertz CT molecular complexity index is 607. The number of hydrogen-bond acceptors (Lipinski definition) is 5. The van der Waals surface area contributed by atoms with Gasteiger partial charge < -0.3 is 0 Å². The Morgan fingerprint density at radius 2 is 2.16 bits per heavy atom. The van der Waals surface area contributed by atoms with Crippen molar-refractivity contribution in [3.8, 4) is 6.07 Å². The Labute approximate surface area is 111 Å². The molecule has 19 heavy (non-hydrogen) atoms. The second-order valence-corrected chi connectivity index (χ2v) is 5.69. The molecule has 0 saturated heterocycles. The number of nitro groups is 1. The highest BCUT2D eigenvalue weighted by Crippen LogP contribution is 2.20. The van der Waals surface area contributed by atoms with Crippen molar-refractivity contribution in [2.24, 2.45) is 0 Å². The van der Waals surface area contributed by atoms with Crippen LogP contribution >= 0.6 is 0 Å². The summed E-state index contributed by atoms with van der Waals surface area (Å²) in [4.78, 5) is 9.81. The molecule has 0 atom stereocenters. The highest BCUT2D eigenvalue weighted by atomic mass is 32.2. The van der Waals surface area contributed by atoms with E-state index in [0.717, 1.165) is 10.4 Å². The predicted octanol–water partition coefficient (Wildman–Crippen LogP) is 1.52. The molecule has 0 spiro atoms. The van der Waals surface area contributed by atoms with Crippen LogP contribution < -0.4 is 0 Å². The molecule has 0 aliphatic rings. The molecule has 1 aromatic rings. The molecule has 0 aliphatic heterocycles. The molecule has 0 aromatic heterocycles. The van der Waals surface area contributed by atoms with Crippen LogP contribution in [0.3, 0.4) is 0 Å². The van der Waals surface area contributed by atoms with E-state index in [-0.39, 0.29) is 23.7 Å². The SMILES string of the molecule is CCCN(CC#N)S(=O)(=O)c1cccc([N+](=O)[O-])c1. The van der Waals surface area contributed by atoms with Gasteiger partial charge in [-0.1, -0.05) is 13.0 Å². The third-order valence-electron chi connectivity index (χ3n) is 2.39. The fourth-order valence-corrected chi connectivity index (χ4v) is 2.99. The summed E-state index contributed by atoms with van der Waals surface area (Å²) in [5, 5.41) is 19.3. The van der Waals surface area contributed by atoms with Crippen molar-refractivity contribution in [1.29, 1.82) is 5.26 Å². The second-order valence-electron chi connectivity index (χ2n) is 3.75. The van der Waals surface area contributed by atoms with Crippen LogP contribution in [0.5, 0.6) is 0 Å². The first-order valence-electron chi connectivity index (χ1n) is 5.55. The largest absolute Gasteiger partial charge is 0.270 e. The molecule has 0 saturated carbocycles. The first kappa shape index (κ1) is 15.1. The van der Waals surface area contributed by atoms with Crippen LogP contribution in [0.1, 0.15) is 13.3 Å². The van der Waals surface area contributed by atoms with Crippen molar-refractivity contribution in [2.45, 2.75) is 18.2 Å². The minimum Gasteiger partial charge on any atom is -0.258 e. The first-order valence-corrected chi connectivity index (χ1v) is 6.99. The minimum atomic E-state index is -3.87. The minimum absolute atomic E-state index is 0.176. The highest BCUT2D eigenvalue weighted by Gasteiger charge is 2.25. The summed E-state index contributed by atoms with van der Waals surface area (Å²) >= 11 is 0. The zero-order valence-electron chi connectivity index (χ0n) is 10.3. The van der Waals surface area contributed by atoms with Crippen molar-refractivity contribution in [3.63, 3.8) is 0 Å². The summed E-state index contributed by atoms with van der Waals surface area (Å²) < 4.78 is 25.5. The third-order valence-corrected chi connectivity index (χ3v) is 4.23. The summed E-state index contributed by atoms with van der Waals surface area (Å²) in [6.07, 6.45) is 0.551. The number of benzene rings is 1. The van der Waals surface area contributed by atoms with Crippen LogP contribution in [0.2, 0.25) is 0 Å². The van der Waals surface area contributed by atoms with Gasteiger partial charge in [-0.05, 0) is 12.5 Å². The van der Waals surface area contributed by atoms with Gasteiger partial charge in [0.25, 0.3) is 5.69 Å². The maximum atomic E-state index is 12.2. The molecule has 0 unspecified atom stereocenters. The van der Waals surface area contributed by atoms with Gasteiger partial charge in [0, 0.05) is 18.7 Å². The zero-order valence-corrected chi connectivity index (χ0v) is 11.1. The smallest absolute Gasteiger partial charge is 0.258 e. The fourth-order valence-electron chi connectivity index (χ4n) is 1.52. The van der Waals surface area contributed by atoms with Crippen LogP contribution in [0, 0.1) is 21.4 Å². The van der Waals surface area contributed by atoms with Gasteiger partial charge in [0.05, 0.1) is 15.9 Å². The predicted molar refractivity (Wildman–Crippen MR) is 67.8 cm³/mol. The molecule has 0 bridgehead atoms. The molecule has 0 aliphatic carbocycles. The van der Waals surface area contributed by atoms with E-state index in [4.69, 9.17) is 5.26 Å². The summed E-state index contributed by atoms with van der Waals surface area (Å²) in [7, 11) is -3.87. The number of nitriles is 1. The average Bonchev–Trinajstić information content (AvgIpc) is 2.38. The Morgan fingerprint density at radius 1 is 1.47 bits per heavy atom. The van der Waals surface area contributed by atoms with Gasteiger partial charge in [0.15, 0.2) is 0 Å². The molecule has 1 aromatic carbocycles. The Morgan fingerprint density at radius 3 is 2.68 bits per heavy atom. The lowest BCUT2D eigenvalue weighted by Crippen LogP contribution is -2.32. The summed E-state index contributed by atoms with van der Waals surface area (Å²) in [5.41, 5.74) is -0.297. The highest BCUT2D eigenvalue weighted by molar-refractivity contribution is 7.89. The molecule has 0 amide bonds. The zero-order chi connectivity index (χ0) is 14.5. The number of hydrogen-bond donors (Lipinski definition) is 0. The molecule has 0 N–H and O–H groups in total. The van der Waals surface area contributed by atoms with Gasteiger partial charge in [0.2, 0.25) is 10.0 Å². The van der Waals surface area contributed by atoms with Crippen molar-refractivity contribution in [1.82, 2.24) is 4.31 Å². The first-order chi connectivity index (χ1) is 8.93. The molecule has 8 heteroatoms. The van der Waals surface area contributed by atoms with Gasteiger partial charge in [-0.25, -0.2) is 8.42 Å². The van der Waals surface area contributed by atoms with E-state index < -0.39 is 14.9 Å². The summed E-state index contributed by atoms with van der Waals surface area (Å²) in [5.74, 6) is 0. The molecule has 1 rings (SSSR count). The maximum absolute atomic E-state index is 12.2. The standard InChI is InChI=1S/C11H13N3O4S/c1-2-7-13(8-6-12)19(17,18)11-5-3-4-10(9-11)14(15)16/h3-5,9H,2,7-8H2,1H3. The summed E-state index contributed by atoms with van der Waals surface area (Å²) in [6, 6.07) is 6.58. The quantitative estimate of drug-likeness (QED) is 0.447. The van der Waals surface area contributed by atoms with E-state index in [0.29, 0.717) is 6.42 Å². The van der Waals surface area contributed by atoms with Gasteiger partial charge in [-0.3, -0.25) is 10.1 Å². The molecule has 102 valence electrons. The number of non-ortho nitro benzene ring substituents is 1. The van der Waals surface area contributed by atoms with Crippen LogP contribution in [0.15, 0.2) is 29.2 Å². The summed E-state index contributed by atoms with van der Waals surface area (Å²) in [6.45, 7) is 1.70. The lowest BCUT2D eigenvalue weighted by atomic mass is 10.3. The maximum Gasteiger partial charge on any atom is 0.270 e. The van der Waals surface area contributed by atoms with Crippen molar-refractivity contribution < 1.29 is 13.3 Å². The van der Waals surface area contributed by atoms with Crippen molar-refractivity contribution in [2.75, 3.05) is 13.1 Å². The van der Waals surface area contributed by atoms with Gasteiger partial charge in [-0.15, -0.1) is 0 Å². The lowest BCUT2D eigenvalue weighted by Gasteiger charge is -2.18. The van der Waals surface area contributed by atoms with Crippen LogP contribution in [-0.4, -0.2) is 30.7 Å². The average molecular weight is 283 g/mol. The Kier molecular flexibility index (Phi) is 4.97. The van der Waals surface area contributed by atoms with Crippen molar-refractivity contribution >= 4 is 15.7 Å². The van der Waals surface area contributed by atoms with E-state index in [1.165, 1.54) is 18.2 Å². The van der Waals surface area contributed by atoms with E-state index in [9.17, 15) is 18.5 Å². The normalized spacial score (nSPS) is 11.2. The second kappa shape index (κ2) is 6.26. The molecule has 0 fully saturated rings. The Hall–Kier alpha value is -1.98. The van der Waals surface area contributed by atoms with E-state index in [1.807, 2.05) is 0 Å². The Balaban J connectivity index is 3.21. The van der Waals surface area contributed by atoms with Crippen LogP contribution in [-0.2, 0) is 10.0 Å². The molecular weight excluding hydrogens is 270 g/mol. The molecular formula is C11H13N3O4S. The number of sulfonamides is 1. The molecule has 0 radical (unpaired) electrons. The molecule has 7 nitrogen and oxygen atoms in total. The monoisotopic (exact) mass is 283 g/mol. The number of nitrogens with zero attached hydrogens (tertiary/aromatic N) is 3. The van der Waals surface area contributed by atoms with Crippen LogP contribution in [0.4, 0.5) is 5.69 Å². The fraction of sp³-hybridized carbons (Fsp3) is 0.364. The van der Waals surface area contributed by atoms with Crippen molar-refractivity contribution in [3.05, 3.63) is 34.4 Å². The van der Waals surface area contributed by atoms with E-state index in [1.54, 1.807) is 13.0 Å². The van der Waals surface area contributed by atoms with Gasteiger partial charge >= 0.3 is 0 Å². The van der Waals surface area contributed by atoms with E-state index >= 15 is 0 Å². The van der Waals surface area contributed by atoms with E-state index in [2.05, 4.69) is 0 Å². The number of nitro benzene ring substituents is 1. The van der Waals surface area contributed by atoms with Gasteiger partial charge in [0.1, 0.15) is 6.54 Å². The van der Waals surface area contributed by atoms with Gasteiger partial charge in [-0.2, -0.15) is 9.57 Å². The third kappa shape index (κ3) is 3.49. The topological polar surface area (TPSA) is 104 Å². The lowest BCUT2D eigenvalue weighted by molar-refractivity contribution is -0.385. The number of rotatable bonds is 6. The molecule has 0 heterocycles. The van der Waals surface area contributed by atoms with Crippen LogP contribution in [0.25, 0.3) is 0 Å².